The molecule has 3 heteroatoms. The van der Waals surface area contributed by atoms with E-state index >= 15 is 0 Å². The maximum absolute atomic E-state index is 6.15. The van der Waals surface area contributed by atoms with Crippen molar-refractivity contribution >= 4 is 0 Å². The summed E-state index contributed by atoms with van der Waals surface area (Å²) in [5, 5.41) is 3.75. The van der Waals surface area contributed by atoms with Crippen LogP contribution in [0.15, 0.2) is 72.8 Å². The number of rotatable bonds is 10. The average molecular weight is 443 g/mol. The molecule has 0 saturated heterocycles. The van der Waals surface area contributed by atoms with Gasteiger partial charge >= 0.3 is 0 Å². The highest BCUT2D eigenvalue weighted by molar-refractivity contribution is 5.63. The first-order valence-electron chi connectivity index (χ1n) is 12.4. The van der Waals surface area contributed by atoms with Gasteiger partial charge in [0.25, 0.3) is 0 Å². The summed E-state index contributed by atoms with van der Waals surface area (Å²) in [6.07, 6.45) is 4.76. The van der Waals surface area contributed by atoms with Crippen molar-refractivity contribution in [2.45, 2.75) is 45.3 Å². The molecule has 0 radical (unpaired) electrons. The van der Waals surface area contributed by atoms with Crippen LogP contribution in [0.3, 0.4) is 0 Å². The Morgan fingerprint density at radius 1 is 0.939 bits per heavy atom. The molecule has 1 N–H and O–H groups in total. The fourth-order valence-electron chi connectivity index (χ4n) is 4.76. The third-order valence-corrected chi connectivity index (χ3v) is 6.87. The number of fused-ring (bicyclic) bond motifs is 1. The molecule has 3 nitrogen and oxygen atoms in total. The van der Waals surface area contributed by atoms with Gasteiger partial charge in [0.15, 0.2) is 0 Å². The minimum atomic E-state index is 0.565. The lowest BCUT2D eigenvalue weighted by molar-refractivity contribution is 0.303. The number of hydrogen-bond donors (Lipinski definition) is 1. The molecule has 2 unspecified atom stereocenters. The molecule has 0 bridgehead atoms. The maximum atomic E-state index is 6.15. The van der Waals surface area contributed by atoms with Gasteiger partial charge in [-0.15, -0.1) is 0 Å². The molecule has 3 aromatic carbocycles. The van der Waals surface area contributed by atoms with Crippen LogP contribution in [0.4, 0.5) is 0 Å². The highest BCUT2D eigenvalue weighted by Crippen LogP contribution is 2.30. The van der Waals surface area contributed by atoms with Crippen molar-refractivity contribution in [3.05, 3.63) is 89.5 Å². The van der Waals surface area contributed by atoms with Gasteiger partial charge in [-0.3, -0.25) is 0 Å². The number of nitrogens with zero attached hydrogens (tertiary/aromatic N) is 1. The first-order valence-corrected chi connectivity index (χ1v) is 12.4. The van der Waals surface area contributed by atoms with Crippen LogP contribution in [-0.2, 0) is 19.4 Å². The lowest BCUT2D eigenvalue weighted by atomic mass is 9.80. The average Bonchev–Trinajstić information content (AvgIpc) is 2.85. The van der Waals surface area contributed by atoms with Crippen molar-refractivity contribution in [3.8, 4) is 16.9 Å². The number of aryl methyl sites for hydroxylation is 1. The molecule has 33 heavy (non-hydrogen) atoms. The molecule has 0 aromatic heterocycles. The molecule has 174 valence electrons. The molecule has 0 spiro atoms. The summed E-state index contributed by atoms with van der Waals surface area (Å²) >= 11 is 0. The summed E-state index contributed by atoms with van der Waals surface area (Å²) < 4.78 is 6.15. The molecular weight excluding hydrogens is 404 g/mol. The summed E-state index contributed by atoms with van der Waals surface area (Å²) in [4.78, 5) is 2.25. The Labute approximate surface area is 199 Å². The summed E-state index contributed by atoms with van der Waals surface area (Å²) in [6, 6.07) is 26.4. The molecule has 0 aliphatic heterocycles. The van der Waals surface area contributed by atoms with Gasteiger partial charge in [-0.05, 0) is 106 Å². The molecular formula is C30H38N2O. The van der Waals surface area contributed by atoms with Crippen LogP contribution in [0.1, 0.15) is 36.5 Å². The van der Waals surface area contributed by atoms with Gasteiger partial charge in [-0.1, -0.05) is 60.7 Å². The van der Waals surface area contributed by atoms with Crippen LogP contribution in [0.5, 0.6) is 5.75 Å². The molecule has 1 aliphatic carbocycles. The van der Waals surface area contributed by atoms with Gasteiger partial charge in [-0.2, -0.15) is 0 Å². The first-order chi connectivity index (χ1) is 16.1. The van der Waals surface area contributed by atoms with Gasteiger partial charge in [0.2, 0.25) is 0 Å². The largest absolute Gasteiger partial charge is 0.489 e. The van der Waals surface area contributed by atoms with Crippen LogP contribution < -0.4 is 10.1 Å². The second-order valence-electron chi connectivity index (χ2n) is 9.68. The zero-order valence-corrected chi connectivity index (χ0v) is 20.4. The van der Waals surface area contributed by atoms with Crippen LogP contribution >= 0.6 is 0 Å². The van der Waals surface area contributed by atoms with E-state index < -0.39 is 0 Å². The number of hydrogen-bond acceptors (Lipinski definition) is 3. The van der Waals surface area contributed by atoms with Crippen molar-refractivity contribution in [1.29, 1.82) is 0 Å². The summed E-state index contributed by atoms with van der Waals surface area (Å²) in [6.45, 7) is 5.20. The standard InChI is InChI=1S/C30H38N2O/c1-23(31-18-7-19-32(2)3)27-14-15-29-21-30(17-16-28(29)20-27)33-22-24-10-12-26(13-11-24)25-8-5-4-6-9-25/h4-6,8-13,16-17,21,23,27,31H,7,14-15,18-20,22H2,1-3H3. The first kappa shape index (κ1) is 23.5. The van der Waals surface area contributed by atoms with E-state index in [1.54, 1.807) is 0 Å². The molecule has 3 aromatic rings. The van der Waals surface area contributed by atoms with Gasteiger partial charge in [-0.25, -0.2) is 0 Å². The van der Waals surface area contributed by atoms with Crippen molar-refractivity contribution in [2.75, 3.05) is 27.2 Å². The van der Waals surface area contributed by atoms with Crippen molar-refractivity contribution in [2.24, 2.45) is 5.92 Å². The third-order valence-electron chi connectivity index (χ3n) is 6.87. The summed E-state index contributed by atoms with van der Waals surface area (Å²) in [5.41, 5.74) is 6.64. The highest BCUT2D eigenvalue weighted by atomic mass is 16.5. The minimum absolute atomic E-state index is 0.565. The molecule has 1 aliphatic rings. The predicted molar refractivity (Wildman–Crippen MR) is 139 cm³/mol. The Hall–Kier alpha value is -2.62. The van der Waals surface area contributed by atoms with E-state index in [2.05, 4.69) is 104 Å². The van der Waals surface area contributed by atoms with Gasteiger partial charge in [0.05, 0.1) is 0 Å². The smallest absolute Gasteiger partial charge is 0.120 e. The Bertz CT molecular complexity index is 998. The van der Waals surface area contributed by atoms with E-state index in [4.69, 9.17) is 4.74 Å². The topological polar surface area (TPSA) is 24.5 Å². The van der Waals surface area contributed by atoms with E-state index in [1.165, 1.54) is 47.1 Å². The number of nitrogens with one attached hydrogen (secondary N) is 1. The maximum Gasteiger partial charge on any atom is 0.120 e. The number of benzene rings is 3. The van der Waals surface area contributed by atoms with Gasteiger partial charge < -0.3 is 15.0 Å². The van der Waals surface area contributed by atoms with Gasteiger partial charge in [0, 0.05) is 6.04 Å². The Kier molecular flexibility index (Phi) is 8.20. The fraction of sp³-hybridized carbons (Fsp3) is 0.400. The normalized spacial score (nSPS) is 16.4. The molecule has 0 saturated carbocycles. The summed E-state index contributed by atoms with van der Waals surface area (Å²) in [7, 11) is 4.28. The van der Waals surface area contributed by atoms with Crippen LogP contribution in [0.25, 0.3) is 11.1 Å². The van der Waals surface area contributed by atoms with Crippen LogP contribution in [0, 0.1) is 5.92 Å². The van der Waals surface area contributed by atoms with Crippen molar-refractivity contribution in [1.82, 2.24) is 10.2 Å². The third kappa shape index (κ3) is 6.69. The van der Waals surface area contributed by atoms with Crippen LogP contribution in [-0.4, -0.2) is 38.1 Å². The van der Waals surface area contributed by atoms with E-state index in [-0.39, 0.29) is 0 Å². The molecule has 0 amide bonds. The van der Waals surface area contributed by atoms with E-state index in [0.717, 1.165) is 25.3 Å². The molecule has 2 atom stereocenters. The lowest BCUT2D eigenvalue weighted by Crippen LogP contribution is -2.37. The second-order valence-corrected chi connectivity index (χ2v) is 9.68. The van der Waals surface area contributed by atoms with Gasteiger partial charge in [0.1, 0.15) is 12.4 Å². The summed E-state index contributed by atoms with van der Waals surface area (Å²) in [5.74, 6) is 1.70. The van der Waals surface area contributed by atoms with Crippen molar-refractivity contribution in [3.63, 3.8) is 0 Å². The Morgan fingerprint density at radius 3 is 2.45 bits per heavy atom. The SMILES string of the molecule is CC(NCCCN(C)C)C1CCc2cc(OCc3ccc(-c4ccccc4)cc3)ccc2C1. The van der Waals surface area contributed by atoms with Crippen LogP contribution in [0.2, 0.25) is 0 Å². The monoisotopic (exact) mass is 442 g/mol. The molecule has 0 heterocycles. The molecule has 4 rings (SSSR count). The molecule has 0 fully saturated rings. The van der Waals surface area contributed by atoms with E-state index in [0.29, 0.717) is 18.6 Å². The minimum Gasteiger partial charge on any atom is -0.489 e. The fourth-order valence-corrected chi connectivity index (χ4v) is 4.76. The van der Waals surface area contributed by atoms with E-state index in [1.807, 2.05) is 0 Å². The highest BCUT2D eigenvalue weighted by Gasteiger charge is 2.23. The Morgan fingerprint density at radius 2 is 1.70 bits per heavy atom. The second kappa shape index (κ2) is 11.5. The Balaban J connectivity index is 1.28. The quantitative estimate of drug-likeness (QED) is 0.392. The van der Waals surface area contributed by atoms with E-state index in [9.17, 15) is 0 Å². The zero-order valence-electron chi connectivity index (χ0n) is 20.4. The van der Waals surface area contributed by atoms with Crippen molar-refractivity contribution < 1.29 is 4.74 Å². The lowest BCUT2D eigenvalue weighted by Gasteiger charge is -2.30. The zero-order chi connectivity index (χ0) is 23.0. The number of ether oxygens (including phenoxy) is 1. The predicted octanol–water partition coefficient (Wildman–Crippen LogP) is 5.97.